The summed E-state index contributed by atoms with van der Waals surface area (Å²) in [6, 6.07) is 15.4. The van der Waals surface area contributed by atoms with E-state index in [0.29, 0.717) is 21.7 Å². The van der Waals surface area contributed by atoms with Gasteiger partial charge in [-0.25, -0.2) is 15.0 Å². The van der Waals surface area contributed by atoms with E-state index in [1.807, 2.05) is 47.9 Å². The van der Waals surface area contributed by atoms with E-state index in [1.54, 1.807) is 30.9 Å². The molecule has 176 valence electrons. The average molecular weight is 506 g/mol. The Morgan fingerprint density at radius 2 is 1.86 bits per heavy atom. The summed E-state index contributed by atoms with van der Waals surface area (Å²) in [7, 11) is 1.52. The number of fused-ring (bicyclic) bond motifs is 1. The van der Waals surface area contributed by atoms with E-state index in [9.17, 15) is 4.79 Å². The minimum absolute atomic E-state index is 0.309. The van der Waals surface area contributed by atoms with Crippen molar-refractivity contribution in [1.29, 1.82) is 0 Å². The van der Waals surface area contributed by atoms with Gasteiger partial charge in [-0.15, -0.1) is 11.3 Å². The largest absolute Gasteiger partial charge is 0.484 e. The number of aromatic nitrogens is 4. The lowest BCUT2D eigenvalue weighted by atomic mass is 10.1. The third-order valence-electron chi connectivity index (χ3n) is 5.48. The molecule has 0 radical (unpaired) electrons. The molecule has 0 aliphatic rings. The van der Waals surface area contributed by atoms with Gasteiger partial charge in [-0.3, -0.25) is 9.36 Å². The van der Waals surface area contributed by atoms with Gasteiger partial charge in [0.1, 0.15) is 28.1 Å². The number of hydrogen-bond acceptors (Lipinski definition) is 7. The Labute approximate surface area is 209 Å². The van der Waals surface area contributed by atoms with Gasteiger partial charge in [0.15, 0.2) is 0 Å². The number of benzene rings is 2. The third-order valence-corrected chi connectivity index (χ3v) is 6.96. The molecule has 1 atom stereocenters. The highest BCUT2D eigenvalue weighted by Gasteiger charge is 2.21. The number of hydrogen-bond donors (Lipinski definition) is 1. The normalized spacial score (nSPS) is 12.0. The van der Waals surface area contributed by atoms with Crippen molar-refractivity contribution in [2.24, 2.45) is 5.73 Å². The van der Waals surface area contributed by atoms with E-state index in [1.165, 1.54) is 18.4 Å². The summed E-state index contributed by atoms with van der Waals surface area (Å²) >= 11 is 7.56. The molecule has 3 aromatic heterocycles. The average Bonchev–Trinajstić information content (AvgIpc) is 3.48. The molecule has 5 rings (SSSR count). The molecule has 35 heavy (non-hydrogen) atoms. The lowest BCUT2D eigenvalue weighted by molar-refractivity contribution is 0.0998. The van der Waals surface area contributed by atoms with Gasteiger partial charge in [0, 0.05) is 34.6 Å². The van der Waals surface area contributed by atoms with Crippen molar-refractivity contribution in [3.05, 3.63) is 82.7 Å². The number of carbonyl (C=O) groups is 1. The monoisotopic (exact) mass is 505 g/mol. The van der Waals surface area contributed by atoms with Crippen molar-refractivity contribution < 1.29 is 14.3 Å². The number of ether oxygens (including phenoxy) is 2. The van der Waals surface area contributed by atoms with Crippen molar-refractivity contribution in [3.63, 3.8) is 0 Å². The van der Waals surface area contributed by atoms with Crippen molar-refractivity contribution in [2.45, 2.75) is 13.0 Å². The Bertz CT molecular complexity index is 1530. The molecule has 2 N–H and O–H groups in total. The number of carbonyl (C=O) groups excluding carboxylic acids is 1. The van der Waals surface area contributed by atoms with E-state index in [-0.39, 0.29) is 6.10 Å². The molecule has 1 amide bonds. The number of methoxy groups -OCH3 is 1. The zero-order valence-electron chi connectivity index (χ0n) is 18.8. The van der Waals surface area contributed by atoms with Crippen LogP contribution >= 0.6 is 22.9 Å². The number of thiophene rings is 1. The Morgan fingerprint density at radius 1 is 1.09 bits per heavy atom. The topological polar surface area (TPSA) is 105 Å². The smallest absolute Gasteiger partial charge is 0.316 e. The van der Waals surface area contributed by atoms with Crippen molar-refractivity contribution in [2.75, 3.05) is 7.11 Å². The van der Waals surface area contributed by atoms with Crippen molar-refractivity contribution in [3.8, 4) is 27.9 Å². The first kappa shape index (κ1) is 22.8. The molecule has 0 aliphatic heterocycles. The quantitative estimate of drug-likeness (QED) is 0.315. The summed E-state index contributed by atoms with van der Waals surface area (Å²) in [5.74, 6) is -0.160. The van der Waals surface area contributed by atoms with Crippen LogP contribution in [0.2, 0.25) is 5.02 Å². The van der Waals surface area contributed by atoms with Gasteiger partial charge in [-0.2, -0.15) is 0 Å². The van der Waals surface area contributed by atoms with Gasteiger partial charge in [-0.05, 0) is 30.7 Å². The molecule has 0 unspecified atom stereocenters. The molecular weight excluding hydrogens is 486 g/mol. The van der Waals surface area contributed by atoms with Crippen LogP contribution in [0, 0.1) is 0 Å². The number of halogens is 1. The minimum Gasteiger partial charge on any atom is -0.484 e. The number of amides is 1. The predicted molar refractivity (Wildman–Crippen MR) is 136 cm³/mol. The van der Waals surface area contributed by atoms with E-state index >= 15 is 0 Å². The molecule has 5 aromatic rings. The van der Waals surface area contributed by atoms with Crippen LogP contribution in [0.3, 0.4) is 0 Å². The highest BCUT2D eigenvalue weighted by atomic mass is 35.5. The Hall–Kier alpha value is -3.95. The highest BCUT2D eigenvalue weighted by molar-refractivity contribution is 7.16. The predicted octanol–water partition coefficient (Wildman–Crippen LogP) is 5.44. The molecule has 3 heterocycles. The number of nitrogens with zero attached hydrogens (tertiary/aromatic N) is 4. The first-order valence-corrected chi connectivity index (χ1v) is 11.8. The van der Waals surface area contributed by atoms with Gasteiger partial charge in [0.05, 0.1) is 18.1 Å². The number of primary amides is 1. The SMILES string of the molecule is COc1ncc(-c2ccc3c(c2)ncn3-c2cc(O[C@H](C)c3ccccc3Cl)c(C(N)=O)s2)cn1. The first-order chi connectivity index (χ1) is 16.9. The second kappa shape index (κ2) is 9.36. The van der Waals surface area contributed by atoms with Crippen LogP contribution in [0.25, 0.3) is 27.2 Å². The maximum atomic E-state index is 12.2. The molecule has 10 heteroatoms. The molecular formula is C25H20ClN5O3S. The second-order valence-corrected chi connectivity index (χ2v) is 9.14. The molecule has 0 saturated heterocycles. The lowest BCUT2D eigenvalue weighted by Gasteiger charge is -2.16. The van der Waals surface area contributed by atoms with E-state index < -0.39 is 5.91 Å². The highest BCUT2D eigenvalue weighted by Crippen LogP contribution is 2.37. The maximum Gasteiger partial charge on any atom is 0.316 e. The van der Waals surface area contributed by atoms with Crippen molar-refractivity contribution in [1.82, 2.24) is 19.5 Å². The Kier molecular flexibility index (Phi) is 6.10. The van der Waals surface area contributed by atoms with Crippen LogP contribution < -0.4 is 15.2 Å². The van der Waals surface area contributed by atoms with Crippen LogP contribution in [-0.4, -0.2) is 32.5 Å². The zero-order valence-corrected chi connectivity index (χ0v) is 20.4. The Balaban J connectivity index is 1.48. The Morgan fingerprint density at radius 3 is 2.57 bits per heavy atom. The van der Waals surface area contributed by atoms with Crippen LogP contribution in [0.4, 0.5) is 0 Å². The van der Waals surface area contributed by atoms with Crippen LogP contribution in [0.5, 0.6) is 11.8 Å². The number of nitrogens with two attached hydrogens (primary N) is 1. The summed E-state index contributed by atoms with van der Waals surface area (Å²) in [6.07, 6.45) is 4.73. The van der Waals surface area contributed by atoms with Gasteiger partial charge in [0.2, 0.25) is 0 Å². The fraction of sp³-hybridized carbons (Fsp3) is 0.120. The number of rotatable bonds is 7. The number of imidazole rings is 1. The maximum absolute atomic E-state index is 12.2. The third kappa shape index (κ3) is 4.43. The van der Waals surface area contributed by atoms with Crippen LogP contribution in [-0.2, 0) is 0 Å². The fourth-order valence-corrected chi connectivity index (χ4v) is 4.95. The molecule has 0 bridgehead atoms. The van der Waals surface area contributed by atoms with Crippen LogP contribution in [0.1, 0.15) is 28.3 Å². The molecule has 8 nitrogen and oxygen atoms in total. The molecule has 0 spiro atoms. The van der Waals surface area contributed by atoms with Gasteiger partial charge >= 0.3 is 6.01 Å². The summed E-state index contributed by atoms with van der Waals surface area (Å²) in [4.78, 5) is 25.4. The van der Waals surface area contributed by atoms with E-state index in [2.05, 4.69) is 15.0 Å². The summed E-state index contributed by atoms with van der Waals surface area (Å²) in [5, 5.41) is 1.35. The summed E-state index contributed by atoms with van der Waals surface area (Å²) in [5.41, 5.74) is 9.90. The minimum atomic E-state index is -0.561. The molecule has 0 aliphatic carbocycles. The van der Waals surface area contributed by atoms with E-state index in [4.69, 9.17) is 26.8 Å². The molecule has 2 aromatic carbocycles. The summed E-state index contributed by atoms with van der Waals surface area (Å²) < 4.78 is 13.0. The van der Waals surface area contributed by atoms with E-state index in [0.717, 1.165) is 32.7 Å². The standard InChI is InChI=1S/C25H20ClN5O3S/c1-14(17-5-3-4-6-18(17)26)34-21-10-22(35-23(21)24(27)32)31-13-30-19-9-15(7-8-20(19)31)16-11-28-25(33-2)29-12-16/h3-14H,1-2H3,(H2,27,32)/t14-/m1/s1. The van der Waals surface area contributed by atoms with Gasteiger partial charge in [0.25, 0.3) is 5.91 Å². The van der Waals surface area contributed by atoms with Gasteiger partial charge in [-0.1, -0.05) is 35.9 Å². The van der Waals surface area contributed by atoms with Crippen LogP contribution in [0.15, 0.2) is 67.3 Å². The van der Waals surface area contributed by atoms with Gasteiger partial charge < -0.3 is 15.2 Å². The lowest BCUT2D eigenvalue weighted by Crippen LogP contribution is -2.12. The van der Waals surface area contributed by atoms with Crippen molar-refractivity contribution >= 4 is 39.9 Å². The second-order valence-electron chi connectivity index (χ2n) is 7.70. The molecule has 0 fully saturated rings. The molecule has 0 saturated carbocycles. The first-order valence-electron chi connectivity index (χ1n) is 10.6. The fourth-order valence-electron chi connectivity index (χ4n) is 3.74. The summed E-state index contributed by atoms with van der Waals surface area (Å²) in [6.45, 7) is 1.88. The zero-order chi connectivity index (χ0) is 24.5.